The molecule has 0 atom stereocenters. The zero-order valence-corrected chi connectivity index (χ0v) is 9.43. The van der Waals surface area contributed by atoms with Crippen molar-refractivity contribution in [2.75, 3.05) is 0 Å². The summed E-state index contributed by atoms with van der Waals surface area (Å²) in [4.78, 5) is 7.88. The Labute approximate surface area is 90.5 Å². The van der Waals surface area contributed by atoms with Crippen LogP contribution >= 0.6 is 31.9 Å². The summed E-state index contributed by atoms with van der Waals surface area (Å²) in [5, 5.41) is 0.718. The van der Waals surface area contributed by atoms with Crippen LogP contribution in [0.4, 0.5) is 4.39 Å². The molecule has 0 fully saturated rings. The van der Waals surface area contributed by atoms with E-state index < -0.39 is 5.82 Å². The molecular weight excluding hydrogens is 303 g/mol. The van der Waals surface area contributed by atoms with Crippen LogP contribution in [0.15, 0.2) is 27.5 Å². The summed E-state index contributed by atoms with van der Waals surface area (Å²) >= 11 is 6.18. The van der Waals surface area contributed by atoms with Gasteiger partial charge in [0.05, 0.1) is 16.2 Å². The van der Waals surface area contributed by atoms with Gasteiger partial charge in [0, 0.05) is 11.6 Å². The van der Waals surface area contributed by atoms with Gasteiger partial charge in [0.25, 0.3) is 0 Å². The third-order valence-corrected chi connectivity index (χ3v) is 2.93. The van der Waals surface area contributed by atoms with E-state index in [2.05, 4.69) is 41.8 Å². The number of pyridine rings is 2. The maximum Gasteiger partial charge on any atom is 0.170 e. The molecule has 0 aliphatic heterocycles. The van der Waals surface area contributed by atoms with E-state index in [1.807, 2.05) is 0 Å². The summed E-state index contributed by atoms with van der Waals surface area (Å²) in [5.74, 6) is -0.390. The van der Waals surface area contributed by atoms with Crippen molar-refractivity contribution in [2.24, 2.45) is 0 Å². The zero-order valence-electron chi connectivity index (χ0n) is 6.26. The van der Waals surface area contributed by atoms with Crippen molar-refractivity contribution in [3.8, 4) is 0 Å². The average molecular weight is 306 g/mol. The van der Waals surface area contributed by atoms with Gasteiger partial charge < -0.3 is 0 Å². The summed E-state index contributed by atoms with van der Waals surface area (Å²) < 4.78 is 13.9. The predicted octanol–water partition coefficient (Wildman–Crippen LogP) is 3.29. The molecule has 0 unspecified atom stereocenters. The third-order valence-electron chi connectivity index (χ3n) is 1.63. The number of aromatic nitrogens is 2. The Morgan fingerprint density at radius 2 is 2.08 bits per heavy atom. The van der Waals surface area contributed by atoms with Gasteiger partial charge in [-0.25, -0.2) is 9.37 Å². The molecular formula is C8H3Br2FN2. The van der Waals surface area contributed by atoms with Crippen LogP contribution in [0, 0.1) is 5.82 Å². The minimum absolute atomic E-state index is 0.194. The van der Waals surface area contributed by atoms with Gasteiger partial charge in [-0.1, -0.05) is 0 Å². The zero-order chi connectivity index (χ0) is 9.42. The van der Waals surface area contributed by atoms with Crippen LogP contribution in [-0.2, 0) is 0 Å². The predicted molar refractivity (Wildman–Crippen MR) is 54.9 cm³/mol. The van der Waals surface area contributed by atoms with Crippen LogP contribution < -0.4 is 0 Å². The Kier molecular flexibility index (Phi) is 2.29. The molecule has 0 N–H and O–H groups in total. The number of hydrogen-bond acceptors (Lipinski definition) is 2. The summed E-state index contributed by atoms with van der Waals surface area (Å²) in [5.41, 5.74) is 0.655. The molecule has 0 aromatic carbocycles. The molecule has 0 bridgehead atoms. The summed E-state index contributed by atoms with van der Waals surface area (Å²) in [6.07, 6.45) is 3.19. The molecule has 0 saturated heterocycles. The molecule has 0 saturated carbocycles. The maximum atomic E-state index is 13.3. The topological polar surface area (TPSA) is 25.8 Å². The van der Waals surface area contributed by atoms with Crippen molar-refractivity contribution in [3.05, 3.63) is 33.4 Å². The minimum Gasteiger partial charge on any atom is -0.262 e. The highest BCUT2D eigenvalue weighted by molar-refractivity contribution is 9.11. The monoisotopic (exact) mass is 304 g/mol. The highest BCUT2D eigenvalue weighted by Gasteiger charge is 2.10. The molecule has 2 nitrogen and oxygen atoms in total. The molecule has 0 spiro atoms. The summed E-state index contributed by atoms with van der Waals surface area (Å²) in [6, 6.07) is 1.71. The molecule has 2 aromatic rings. The van der Waals surface area contributed by atoms with E-state index in [9.17, 15) is 4.39 Å². The van der Waals surface area contributed by atoms with E-state index in [0.29, 0.717) is 9.99 Å². The quantitative estimate of drug-likeness (QED) is 0.698. The lowest BCUT2D eigenvalue weighted by atomic mass is 10.3. The van der Waals surface area contributed by atoms with Gasteiger partial charge >= 0.3 is 0 Å². The first kappa shape index (κ1) is 9.02. The van der Waals surface area contributed by atoms with Crippen molar-refractivity contribution in [1.82, 2.24) is 9.97 Å². The Bertz CT molecular complexity index is 473. The van der Waals surface area contributed by atoms with Crippen molar-refractivity contribution in [1.29, 1.82) is 0 Å². The van der Waals surface area contributed by atoms with Crippen molar-refractivity contribution in [2.45, 2.75) is 0 Å². The lowest BCUT2D eigenvalue weighted by Gasteiger charge is -2.01. The Balaban J connectivity index is 2.94. The van der Waals surface area contributed by atoms with Gasteiger partial charge in [-0.05, 0) is 37.9 Å². The van der Waals surface area contributed by atoms with E-state index >= 15 is 0 Å². The first-order valence-electron chi connectivity index (χ1n) is 3.44. The Morgan fingerprint density at radius 3 is 2.85 bits per heavy atom. The van der Waals surface area contributed by atoms with Crippen LogP contribution in [0.1, 0.15) is 0 Å². The molecule has 0 radical (unpaired) electrons. The van der Waals surface area contributed by atoms with Gasteiger partial charge in [-0.3, -0.25) is 4.98 Å². The molecule has 0 aliphatic rings. The molecule has 13 heavy (non-hydrogen) atoms. The standard InChI is InChI=1S/C8H3Br2FN2/c9-6-4-1-2-12-3-5(4)13-8(10)7(6)11/h1-3H. The number of halogens is 3. The van der Waals surface area contributed by atoms with E-state index in [0.717, 1.165) is 5.39 Å². The van der Waals surface area contributed by atoms with Crippen molar-refractivity contribution < 1.29 is 4.39 Å². The number of rotatable bonds is 0. The first-order valence-corrected chi connectivity index (χ1v) is 5.03. The minimum atomic E-state index is -0.390. The molecule has 2 aromatic heterocycles. The average Bonchev–Trinajstić information content (AvgIpc) is 2.15. The lowest BCUT2D eigenvalue weighted by molar-refractivity contribution is 0.609. The summed E-state index contributed by atoms with van der Waals surface area (Å²) in [6.45, 7) is 0. The fourth-order valence-electron chi connectivity index (χ4n) is 1.02. The van der Waals surface area contributed by atoms with Gasteiger partial charge in [-0.2, -0.15) is 0 Å². The fraction of sp³-hybridized carbons (Fsp3) is 0. The second-order valence-electron chi connectivity index (χ2n) is 2.42. The van der Waals surface area contributed by atoms with Crippen molar-refractivity contribution >= 4 is 42.8 Å². The fourth-order valence-corrected chi connectivity index (χ4v) is 2.20. The smallest absolute Gasteiger partial charge is 0.170 e. The van der Waals surface area contributed by atoms with Crippen LogP contribution in [0.2, 0.25) is 0 Å². The van der Waals surface area contributed by atoms with Gasteiger partial charge in [0.1, 0.15) is 4.60 Å². The van der Waals surface area contributed by atoms with E-state index in [1.165, 1.54) is 0 Å². The molecule has 66 valence electrons. The third kappa shape index (κ3) is 1.46. The van der Waals surface area contributed by atoms with Gasteiger partial charge in [0.2, 0.25) is 0 Å². The lowest BCUT2D eigenvalue weighted by Crippen LogP contribution is -1.89. The molecule has 0 amide bonds. The van der Waals surface area contributed by atoms with E-state index in [-0.39, 0.29) is 4.60 Å². The molecule has 2 rings (SSSR count). The number of hydrogen-bond donors (Lipinski definition) is 0. The maximum absolute atomic E-state index is 13.3. The largest absolute Gasteiger partial charge is 0.262 e. The highest BCUT2D eigenvalue weighted by Crippen LogP contribution is 2.28. The number of nitrogens with zero attached hydrogens (tertiary/aromatic N) is 2. The van der Waals surface area contributed by atoms with Crippen molar-refractivity contribution in [3.63, 3.8) is 0 Å². The van der Waals surface area contributed by atoms with Gasteiger partial charge in [0.15, 0.2) is 5.82 Å². The SMILES string of the molecule is Fc1c(Br)nc2cnccc2c1Br. The van der Waals surface area contributed by atoms with Crippen LogP contribution in [-0.4, -0.2) is 9.97 Å². The Hall–Kier alpha value is -0.550. The molecule has 0 aliphatic carbocycles. The van der Waals surface area contributed by atoms with E-state index in [1.54, 1.807) is 18.5 Å². The molecule has 5 heteroatoms. The first-order chi connectivity index (χ1) is 6.20. The second kappa shape index (κ2) is 3.31. The second-order valence-corrected chi connectivity index (χ2v) is 3.97. The normalized spacial score (nSPS) is 10.7. The number of fused-ring (bicyclic) bond motifs is 1. The Morgan fingerprint density at radius 1 is 1.31 bits per heavy atom. The van der Waals surface area contributed by atoms with Crippen LogP contribution in [0.3, 0.4) is 0 Å². The summed E-state index contributed by atoms with van der Waals surface area (Å²) in [7, 11) is 0. The molecule has 2 heterocycles. The van der Waals surface area contributed by atoms with E-state index in [4.69, 9.17) is 0 Å². The van der Waals surface area contributed by atoms with Crippen LogP contribution in [0.5, 0.6) is 0 Å². The highest BCUT2D eigenvalue weighted by atomic mass is 79.9. The van der Waals surface area contributed by atoms with Gasteiger partial charge in [-0.15, -0.1) is 0 Å². The van der Waals surface area contributed by atoms with Crippen LogP contribution in [0.25, 0.3) is 10.9 Å².